The van der Waals surface area contributed by atoms with E-state index in [1.165, 1.54) is 0 Å². The van der Waals surface area contributed by atoms with E-state index in [2.05, 4.69) is 6.92 Å². The lowest BCUT2D eigenvalue weighted by Gasteiger charge is -2.24. The summed E-state index contributed by atoms with van der Waals surface area (Å²) in [4.78, 5) is 31.8. The molecule has 0 heterocycles. The lowest BCUT2D eigenvalue weighted by atomic mass is 10.2. The summed E-state index contributed by atoms with van der Waals surface area (Å²) < 4.78 is 31.8. The third kappa shape index (κ3) is 15.3. The normalized spacial score (nSPS) is 15.1. The molecule has 1 N–H and O–H groups in total. The molecule has 0 rings (SSSR count). The predicted molar refractivity (Wildman–Crippen MR) is 95.3 cm³/mol. The summed E-state index contributed by atoms with van der Waals surface area (Å²) in [6, 6.07) is 0. The molecule has 0 aliphatic rings. The zero-order valence-electron chi connectivity index (χ0n) is 16.2. The second-order valence-corrected chi connectivity index (χ2v) is 8.41. The van der Waals surface area contributed by atoms with Gasteiger partial charge in [-0.3, -0.25) is 18.6 Å². The number of phosphoric acid groups is 1. The van der Waals surface area contributed by atoms with Crippen molar-refractivity contribution in [3.05, 3.63) is 0 Å². The second kappa shape index (κ2) is 13.2. The highest BCUT2D eigenvalue weighted by molar-refractivity contribution is 7.47. The highest BCUT2D eigenvalue weighted by atomic mass is 31.2. The minimum absolute atomic E-state index is 0.0310. The first-order valence-electron chi connectivity index (χ1n) is 8.76. The summed E-state index contributed by atoms with van der Waals surface area (Å²) in [5.74, 6) is -0.410. The van der Waals surface area contributed by atoms with E-state index in [1.54, 1.807) is 0 Å². The van der Waals surface area contributed by atoms with Gasteiger partial charge in [0.05, 0.1) is 27.7 Å². The van der Waals surface area contributed by atoms with Crippen LogP contribution in [-0.2, 0) is 32.7 Å². The average Bonchev–Trinajstić information content (AvgIpc) is 2.53. The Morgan fingerprint density at radius 3 is 2.42 bits per heavy atom. The van der Waals surface area contributed by atoms with Gasteiger partial charge < -0.3 is 18.9 Å². The van der Waals surface area contributed by atoms with Gasteiger partial charge in [-0.15, -0.1) is 0 Å². The van der Waals surface area contributed by atoms with Crippen LogP contribution in [0.2, 0.25) is 0 Å². The largest absolute Gasteiger partial charge is 0.472 e. The van der Waals surface area contributed by atoms with E-state index in [-0.39, 0.29) is 26.1 Å². The van der Waals surface area contributed by atoms with Crippen LogP contribution in [0.25, 0.3) is 0 Å². The van der Waals surface area contributed by atoms with E-state index in [4.69, 9.17) is 18.5 Å². The molecule has 154 valence electrons. The van der Waals surface area contributed by atoms with E-state index in [9.17, 15) is 19.0 Å². The molecule has 0 radical (unpaired) electrons. The van der Waals surface area contributed by atoms with Gasteiger partial charge in [-0.25, -0.2) is 4.57 Å². The fourth-order valence-corrected chi connectivity index (χ4v) is 2.55. The molecule has 9 nitrogen and oxygen atoms in total. The lowest BCUT2D eigenvalue weighted by molar-refractivity contribution is -0.870. The topological polar surface area (TPSA) is 108 Å². The number of ether oxygens (including phenoxy) is 2. The maximum absolute atomic E-state index is 11.8. The monoisotopic (exact) mass is 398 g/mol. The van der Waals surface area contributed by atoms with Crippen LogP contribution in [0.15, 0.2) is 0 Å². The Morgan fingerprint density at radius 1 is 1.15 bits per heavy atom. The van der Waals surface area contributed by atoms with E-state index in [0.717, 1.165) is 25.7 Å². The van der Waals surface area contributed by atoms with Crippen molar-refractivity contribution in [1.29, 1.82) is 0 Å². The smallest absolute Gasteiger partial charge is 0.462 e. The standard InChI is InChI=1S/C16H32NO8P/c1-5-6-7-8-9-16(19)22-12-15(23-14-18)13-25-26(20,21)24-11-10-17(2,3)4/h14-15H,5-13H2,1-4H3/p+1/t15-/m1/s1. The van der Waals surface area contributed by atoms with E-state index >= 15 is 0 Å². The zero-order valence-corrected chi connectivity index (χ0v) is 17.1. The molecule has 0 aromatic rings. The molecule has 0 saturated carbocycles. The van der Waals surface area contributed by atoms with Gasteiger partial charge in [-0.1, -0.05) is 26.2 Å². The summed E-state index contributed by atoms with van der Waals surface area (Å²) >= 11 is 0. The number of esters is 1. The third-order valence-electron chi connectivity index (χ3n) is 3.35. The van der Waals surface area contributed by atoms with Crippen LogP contribution in [-0.4, -0.2) is 75.4 Å². The molecule has 0 saturated heterocycles. The molecule has 0 aliphatic heterocycles. The van der Waals surface area contributed by atoms with Crippen LogP contribution in [0.1, 0.15) is 39.0 Å². The van der Waals surface area contributed by atoms with Crippen molar-refractivity contribution in [2.24, 2.45) is 0 Å². The highest BCUT2D eigenvalue weighted by Gasteiger charge is 2.25. The van der Waals surface area contributed by atoms with E-state index in [0.29, 0.717) is 11.0 Å². The Hall–Kier alpha value is -0.990. The summed E-state index contributed by atoms with van der Waals surface area (Å²) in [7, 11) is 1.47. The Labute approximate surface area is 155 Å². The van der Waals surface area contributed by atoms with Crippen molar-refractivity contribution < 1.29 is 42.1 Å². The molecular weight excluding hydrogens is 365 g/mol. The maximum atomic E-state index is 11.8. The Bertz CT molecular complexity index is 452. The molecule has 0 amide bonds. The van der Waals surface area contributed by atoms with Crippen LogP contribution in [0, 0.1) is 0 Å². The molecule has 0 bridgehead atoms. The Morgan fingerprint density at radius 2 is 1.85 bits per heavy atom. The fraction of sp³-hybridized carbons (Fsp3) is 0.875. The van der Waals surface area contributed by atoms with E-state index < -0.39 is 26.5 Å². The predicted octanol–water partition coefficient (Wildman–Crippen LogP) is 1.88. The van der Waals surface area contributed by atoms with Crippen molar-refractivity contribution in [1.82, 2.24) is 0 Å². The van der Waals surface area contributed by atoms with Gasteiger partial charge in [-0.05, 0) is 6.42 Å². The molecule has 1 unspecified atom stereocenters. The van der Waals surface area contributed by atoms with Crippen molar-refractivity contribution in [3.8, 4) is 0 Å². The number of hydrogen-bond acceptors (Lipinski definition) is 7. The number of nitrogens with zero attached hydrogens (tertiary/aromatic N) is 1. The van der Waals surface area contributed by atoms with Crippen LogP contribution < -0.4 is 0 Å². The molecule has 10 heteroatoms. The van der Waals surface area contributed by atoms with Crippen LogP contribution in [0.5, 0.6) is 0 Å². The van der Waals surface area contributed by atoms with Crippen molar-refractivity contribution in [2.45, 2.75) is 45.1 Å². The number of phosphoric ester groups is 1. The molecule has 0 aliphatic carbocycles. The highest BCUT2D eigenvalue weighted by Crippen LogP contribution is 2.43. The summed E-state index contributed by atoms with van der Waals surface area (Å²) in [5, 5.41) is 0. The Balaban J connectivity index is 4.18. The number of unbranched alkanes of at least 4 members (excludes halogenated alkanes) is 3. The summed E-state index contributed by atoms with van der Waals surface area (Å²) in [6.45, 7) is 2.13. The molecule has 0 aromatic carbocycles. The SMILES string of the molecule is CCCCCCC(=O)OC[C@H](COP(=O)(O)OCC[N+](C)(C)C)OC=O. The molecule has 0 fully saturated rings. The minimum Gasteiger partial charge on any atom is -0.462 e. The number of carbonyl (C=O) groups is 2. The summed E-state index contributed by atoms with van der Waals surface area (Å²) in [5.41, 5.74) is 0. The van der Waals surface area contributed by atoms with E-state index in [1.807, 2.05) is 21.1 Å². The number of hydrogen-bond donors (Lipinski definition) is 1. The van der Waals surface area contributed by atoms with Crippen molar-refractivity contribution >= 4 is 20.3 Å². The van der Waals surface area contributed by atoms with Gasteiger partial charge in [0, 0.05) is 6.42 Å². The number of quaternary nitrogens is 1. The summed E-state index contributed by atoms with van der Waals surface area (Å²) in [6.07, 6.45) is 3.10. The number of carbonyl (C=O) groups excluding carboxylic acids is 2. The Kier molecular flexibility index (Phi) is 12.7. The first kappa shape index (κ1) is 25.0. The molecular formula is C16H33NO8P+. The van der Waals surface area contributed by atoms with Gasteiger partial charge in [0.2, 0.25) is 0 Å². The van der Waals surface area contributed by atoms with Gasteiger partial charge in [-0.2, -0.15) is 0 Å². The first-order chi connectivity index (χ1) is 12.1. The molecule has 0 spiro atoms. The van der Waals surface area contributed by atoms with Gasteiger partial charge in [0.25, 0.3) is 6.47 Å². The van der Waals surface area contributed by atoms with Crippen molar-refractivity contribution in [2.75, 3.05) is 47.5 Å². The molecule has 0 aromatic heterocycles. The molecule has 2 atom stereocenters. The number of likely N-dealkylation sites (N-methyl/N-ethyl adjacent to an activating group) is 1. The van der Waals surface area contributed by atoms with Gasteiger partial charge in [0.1, 0.15) is 19.8 Å². The average molecular weight is 398 g/mol. The van der Waals surface area contributed by atoms with Crippen LogP contribution in [0.4, 0.5) is 0 Å². The maximum Gasteiger partial charge on any atom is 0.472 e. The van der Waals surface area contributed by atoms with Crippen molar-refractivity contribution in [3.63, 3.8) is 0 Å². The third-order valence-corrected chi connectivity index (χ3v) is 4.34. The van der Waals surface area contributed by atoms with Crippen LogP contribution in [0.3, 0.4) is 0 Å². The number of rotatable bonds is 16. The van der Waals surface area contributed by atoms with Crippen LogP contribution >= 0.6 is 7.82 Å². The molecule has 26 heavy (non-hydrogen) atoms. The fourth-order valence-electron chi connectivity index (χ4n) is 1.80. The lowest BCUT2D eigenvalue weighted by Crippen LogP contribution is -2.37. The first-order valence-corrected chi connectivity index (χ1v) is 10.3. The zero-order chi connectivity index (χ0) is 20.1. The second-order valence-electron chi connectivity index (χ2n) is 6.96. The minimum atomic E-state index is -4.28. The van der Waals surface area contributed by atoms with Gasteiger partial charge in [0.15, 0.2) is 6.10 Å². The quantitative estimate of drug-likeness (QED) is 0.138. The van der Waals surface area contributed by atoms with Gasteiger partial charge >= 0.3 is 13.8 Å².